The van der Waals surface area contributed by atoms with E-state index in [0.29, 0.717) is 12.3 Å². The Bertz CT molecular complexity index is 715. The fraction of sp³-hybridized carbons (Fsp3) is 0.222. The van der Waals surface area contributed by atoms with Crippen LogP contribution in [0.3, 0.4) is 0 Å². The van der Waals surface area contributed by atoms with Crippen LogP contribution < -0.4 is 4.90 Å². The van der Waals surface area contributed by atoms with Crippen LogP contribution >= 0.6 is 0 Å². The lowest BCUT2D eigenvalue weighted by atomic mass is 10.1. The summed E-state index contributed by atoms with van der Waals surface area (Å²) in [4.78, 5) is 2.05. The topological polar surface area (TPSA) is 36.6 Å². The average molecular weight is 281 g/mol. The summed E-state index contributed by atoms with van der Waals surface area (Å²) in [6, 6.07) is 17.9. The quantitative estimate of drug-likeness (QED) is 0.787. The van der Waals surface area contributed by atoms with Crippen LogP contribution in [0.5, 0.6) is 0 Å². The lowest BCUT2D eigenvalue weighted by Crippen LogP contribution is -2.24. The first-order valence-electron chi connectivity index (χ1n) is 7.08. The highest BCUT2D eigenvalue weighted by Crippen LogP contribution is 2.26. The van der Waals surface area contributed by atoms with Crippen LogP contribution in [0, 0.1) is 6.92 Å². The van der Waals surface area contributed by atoms with Crippen molar-refractivity contribution in [2.45, 2.75) is 13.0 Å². The molecule has 0 saturated carbocycles. The van der Waals surface area contributed by atoms with Crippen molar-refractivity contribution in [3.63, 3.8) is 0 Å². The molecular formula is C18H19NO2. The largest absolute Gasteiger partial charge is 0.458 e. The number of likely N-dealkylation sites (N-methyl/N-ethyl adjacent to an activating group) is 1. The Labute approximate surface area is 124 Å². The highest BCUT2D eigenvalue weighted by Gasteiger charge is 2.16. The van der Waals surface area contributed by atoms with E-state index in [9.17, 15) is 5.11 Å². The summed E-state index contributed by atoms with van der Waals surface area (Å²) in [5.74, 6) is 0.608. The number of benzene rings is 2. The van der Waals surface area contributed by atoms with Crippen LogP contribution in [0.25, 0.3) is 11.0 Å². The van der Waals surface area contributed by atoms with Crippen molar-refractivity contribution in [1.82, 2.24) is 0 Å². The molecule has 3 rings (SSSR count). The number of aliphatic hydroxyl groups excluding tert-OH is 1. The van der Waals surface area contributed by atoms with Gasteiger partial charge in [0.05, 0.1) is 6.54 Å². The molecule has 1 N–H and O–H groups in total. The lowest BCUT2D eigenvalue weighted by Gasteiger charge is -2.23. The Morgan fingerprint density at radius 1 is 1.10 bits per heavy atom. The highest BCUT2D eigenvalue weighted by molar-refractivity contribution is 5.77. The predicted molar refractivity (Wildman–Crippen MR) is 85.6 cm³/mol. The van der Waals surface area contributed by atoms with Gasteiger partial charge in [-0.1, -0.05) is 36.4 Å². The number of aryl methyl sites for hydroxylation is 1. The van der Waals surface area contributed by atoms with Gasteiger partial charge >= 0.3 is 0 Å². The minimum Gasteiger partial charge on any atom is -0.458 e. The number of hydrogen-bond acceptors (Lipinski definition) is 3. The molecular weight excluding hydrogens is 262 g/mol. The van der Waals surface area contributed by atoms with Gasteiger partial charge in [-0.2, -0.15) is 0 Å². The number of furan rings is 1. The first kappa shape index (κ1) is 13.7. The van der Waals surface area contributed by atoms with Gasteiger partial charge in [0.25, 0.3) is 0 Å². The van der Waals surface area contributed by atoms with Crippen LogP contribution in [0.4, 0.5) is 5.69 Å². The third kappa shape index (κ3) is 2.78. The van der Waals surface area contributed by atoms with E-state index in [1.165, 1.54) is 5.56 Å². The molecule has 0 fully saturated rings. The van der Waals surface area contributed by atoms with Gasteiger partial charge in [-0.05, 0) is 30.7 Å². The van der Waals surface area contributed by atoms with Crippen LogP contribution in [0.15, 0.2) is 59.0 Å². The van der Waals surface area contributed by atoms with E-state index in [4.69, 9.17) is 4.42 Å². The van der Waals surface area contributed by atoms with Crippen molar-refractivity contribution in [3.8, 4) is 0 Å². The van der Waals surface area contributed by atoms with Gasteiger partial charge in [0.15, 0.2) is 0 Å². The molecule has 1 unspecified atom stereocenters. The summed E-state index contributed by atoms with van der Waals surface area (Å²) in [6.45, 7) is 2.56. The van der Waals surface area contributed by atoms with Gasteiger partial charge in [0.2, 0.25) is 0 Å². The molecule has 1 aromatic heterocycles. The lowest BCUT2D eigenvalue weighted by molar-refractivity contribution is 0.159. The van der Waals surface area contributed by atoms with E-state index in [1.807, 2.05) is 54.4 Å². The summed E-state index contributed by atoms with van der Waals surface area (Å²) >= 11 is 0. The number of anilines is 1. The fourth-order valence-corrected chi connectivity index (χ4v) is 2.61. The third-order valence-corrected chi connectivity index (χ3v) is 3.75. The Morgan fingerprint density at radius 3 is 2.57 bits per heavy atom. The first-order chi connectivity index (χ1) is 10.1. The number of rotatable bonds is 4. The molecule has 0 amide bonds. The monoisotopic (exact) mass is 281 g/mol. The third-order valence-electron chi connectivity index (χ3n) is 3.75. The van der Waals surface area contributed by atoms with Crippen molar-refractivity contribution in [2.75, 3.05) is 18.5 Å². The molecule has 2 aromatic carbocycles. The molecule has 0 spiro atoms. The summed E-state index contributed by atoms with van der Waals surface area (Å²) < 4.78 is 5.72. The smallest absolute Gasteiger partial charge is 0.135 e. The number of fused-ring (bicyclic) bond motifs is 1. The molecule has 108 valence electrons. The summed E-state index contributed by atoms with van der Waals surface area (Å²) in [5.41, 5.74) is 3.12. The normalized spacial score (nSPS) is 12.5. The zero-order valence-electron chi connectivity index (χ0n) is 12.3. The molecule has 0 saturated heterocycles. The van der Waals surface area contributed by atoms with Crippen LogP contribution in [0.1, 0.15) is 17.4 Å². The van der Waals surface area contributed by atoms with Crippen molar-refractivity contribution < 1.29 is 9.52 Å². The van der Waals surface area contributed by atoms with E-state index in [1.54, 1.807) is 0 Å². The number of hydrogen-bond donors (Lipinski definition) is 1. The number of para-hydroxylation sites is 2. The molecule has 3 nitrogen and oxygen atoms in total. The number of aliphatic hydroxyl groups is 1. The molecule has 0 aliphatic carbocycles. The van der Waals surface area contributed by atoms with E-state index >= 15 is 0 Å². The van der Waals surface area contributed by atoms with Gasteiger partial charge < -0.3 is 14.4 Å². The maximum atomic E-state index is 10.4. The van der Waals surface area contributed by atoms with Gasteiger partial charge in [0, 0.05) is 18.1 Å². The summed E-state index contributed by atoms with van der Waals surface area (Å²) in [5, 5.41) is 11.4. The Morgan fingerprint density at radius 2 is 1.81 bits per heavy atom. The van der Waals surface area contributed by atoms with Crippen LogP contribution in [-0.4, -0.2) is 18.7 Å². The van der Waals surface area contributed by atoms with Gasteiger partial charge in [-0.25, -0.2) is 0 Å². The molecule has 0 aliphatic heterocycles. The van der Waals surface area contributed by atoms with Crippen LogP contribution in [0.2, 0.25) is 0 Å². The highest BCUT2D eigenvalue weighted by atomic mass is 16.4. The van der Waals surface area contributed by atoms with Crippen molar-refractivity contribution in [1.29, 1.82) is 0 Å². The van der Waals surface area contributed by atoms with Gasteiger partial charge in [0.1, 0.15) is 17.4 Å². The zero-order chi connectivity index (χ0) is 14.8. The van der Waals surface area contributed by atoms with E-state index < -0.39 is 6.10 Å². The Balaban J connectivity index is 1.79. The average Bonchev–Trinajstić information content (AvgIpc) is 2.91. The Kier molecular flexibility index (Phi) is 3.67. The Hall–Kier alpha value is -2.26. The summed E-state index contributed by atoms with van der Waals surface area (Å²) in [7, 11) is 1.98. The maximum absolute atomic E-state index is 10.4. The minimum absolute atomic E-state index is 0.491. The first-order valence-corrected chi connectivity index (χ1v) is 7.08. The van der Waals surface area contributed by atoms with Crippen molar-refractivity contribution in [3.05, 3.63) is 65.9 Å². The van der Waals surface area contributed by atoms with Crippen LogP contribution in [-0.2, 0) is 0 Å². The van der Waals surface area contributed by atoms with Crippen molar-refractivity contribution in [2.24, 2.45) is 0 Å². The van der Waals surface area contributed by atoms with Gasteiger partial charge in [-0.3, -0.25) is 0 Å². The minimum atomic E-state index is -0.651. The molecule has 21 heavy (non-hydrogen) atoms. The van der Waals surface area contributed by atoms with Crippen molar-refractivity contribution >= 4 is 16.7 Å². The van der Waals surface area contributed by atoms with E-state index in [-0.39, 0.29) is 0 Å². The van der Waals surface area contributed by atoms with E-state index in [2.05, 4.69) is 19.1 Å². The molecule has 0 bridgehead atoms. The second-order valence-corrected chi connectivity index (χ2v) is 5.37. The molecule has 1 atom stereocenters. The standard InChI is InChI=1S/C18H19NO2/c1-13-7-3-5-9-15(13)19(2)12-16(20)18-11-14-8-4-6-10-17(14)21-18/h3-11,16,20H,12H2,1-2H3. The second kappa shape index (κ2) is 5.62. The fourth-order valence-electron chi connectivity index (χ4n) is 2.61. The molecule has 3 aromatic rings. The molecule has 0 aliphatic rings. The predicted octanol–water partition coefficient (Wildman–Crippen LogP) is 3.91. The second-order valence-electron chi connectivity index (χ2n) is 5.37. The molecule has 1 heterocycles. The van der Waals surface area contributed by atoms with Gasteiger partial charge in [-0.15, -0.1) is 0 Å². The summed E-state index contributed by atoms with van der Waals surface area (Å²) in [6.07, 6.45) is -0.651. The number of nitrogens with zero attached hydrogens (tertiary/aromatic N) is 1. The SMILES string of the molecule is Cc1ccccc1N(C)CC(O)c1cc2ccccc2o1. The molecule has 0 radical (unpaired) electrons. The van der Waals surface area contributed by atoms with E-state index in [0.717, 1.165) is 16.7 Å². The maximum Gasteiger partial charge on any atom is 0.135 e. The molecule has 3 heteroatoms. The zero-order valence-corrected chi connectivity index (χ0v) is 12.3.